The fourth-order valence-corrected chi connectivity index (χ4v) is 2.10. The smallest absolute Gasteiger partial charge is 0.326 e. The van der Waals surface area contributed by atoms with Crippen LogP contribution in [0.15, 0.2) is 28.7 Å². The molecule has 0 spiro atoms. The number of benzene rings is 1. The molecule has 0 heterocycles. The zero-order chi connectivity index (χ0) is 14.3. The van der Waals surface area contributed by atoms with Gasteiger partial charge < -0.3 is 16.2 Å². The monoisotopic (exact) mass is 328 g/mol. The molecule has 1 aromatic carbocycles. The maximum atomic E-state index is 12.0. The summed E-state index contributed by atoms with van der Waals surface area (Å²) in [6.07, 6.45) is 1.79. The van der Waals surface area contributed by atoms with E-state index in [2.05, 4.69) is 21.2 Å². The van der Waals surface area contributed by atoms with Gasteiger partial charge in [0, 0.05) is 4.47 Å². The highest BCUT2D eigenvalue weighted by Gasteiger charge is 2.20. The third-order valence-electron chi connectivity index (χ3n) is 2.67. The van der Waals surface area contributed by atoms with E-state index in [1.54, 1.807) is 24.3 Å². The van der Waals surface area contributed by atoms with E-state index in [1.807, 2.05) is 0 Å². The van der Waals surface area contributed by atoms with E-state index in [-0.39, 0.29) is 0 Å². The van der Waals surface area contributed by atoms with Gasteiger partial charge in [-0.05, 0) is 53.9 Å². The molecule has 1 unspecified atom stereocenters. The molecule has 1 rings (SSSR count). The van der Waals surface area contributed by atoms with Crippen LogP contribution in [0.1, 0.15) is 29.6 Å². The van der Waals surface area contributed by atoms with Gasteiger partial charge in [0.25, 0.3) is 5.91 Å². The number of halogens is 1. The Labute approximate surface area is 120 Å². The normalized spacial score (nSPS) is 11.9. The predicted molar refractivity (Wildman–Crippen MR) is 75.9 cm³/mol. The summed E-state index contributed by atoms with van der Waals surface area (Å²) >= 11 is 3.26. The number of hydrogen-bond acceptors (Lipinski definition) is 3. The van der Waals surface area contributed by atoms with Gasteiger partial charge in [0.1, 0.15) is 6.04 Å². The van der Waals surface area contributed by atoms with Crippen molar-refractivity contribution < 1.29 is 14.7 Å². The number of carboxylic acids is 1. The molecule has 0 saturated carbocycles. The average molecular weight is 329 g/mol. The number of unbranched alkanes of at least 4 members (excludes halogenated alkanes) is 1. The van der Waals surface area contributed by atoms with Gasteiger partial charge >= 0.3 is 5.97 Å². The Morgan fingerprint density at radius 3 is 2.58 bits per heavy atom. The number of rotatable bonds is 7. The summed E-state index contributed by atoms with van der Waals surface area (Å²) in [5, 5.41) is 11.6. The molecule has 1 amide bonds. The number of aliphatic carboxylic acids is 1. The van der Waals surface area contributed by atoms with Crippen molar-refractivity contribution in [2.75, 3.05) is 6.54 Å². The van der Waals surface area contributed by atoms with E-state index in [4.69, 9.17) is 10.8 Å². The molecule has 0 saturated heterocycles. The summed E-state index contributed by atoms with van der Waals surface area (Å²) in [4.78, 5) is 23.1. The van der Waals surface area contributed by atoms with Crippen LogP contribution in [-0.2, 0) is 4.79 Å². The van der Waals surface area contributed by atoms with Crippen molar-refractivity contribution in [3.63, 3.8) is 0 Å². The van der Waals surface area contributed by atoms with Crippen LogP contribution in [0.2, 0.25) is 0 Å². The van der Waals surface area contributed by atoms with Crippen LogP contribution in [0, 0.1) is 0 Å². The maximum absolute atomic E-state index is 12.0. The van der Waals surface area contributed by atoms with Gasteiger partial charge in [0.15, 0.2) is 0 Å². The minimum absolute atomic E-state index is 0.378. The number of carbonyl (C=O) groups is 2. The number of amides is 1. The molecule has 0 aliphatic carbocycles. The van der Waals surface area contributed by atoms with E-state index < -0.39 is 17.9 Å². The van der Waals surface area contributed by atoms with Gasteiger partial charge in [0.2, 0.25) is 0 Å². The Kier molecular flexibility index (Phi) is 6.52. The van der Waals surface area contributed by atoms with Crippen LogP contribution in [0.25, 0.3) is 0 Å². The fraction of sp³-hybridized carbons (Fsp3) is 0.385. The fourth-order valence-electron chi connectivity index (χ4n) is 1.63. The van der Waals surface area contributed by atoms with Gasteiger partial charge in [-0.25, -0.2) is 4.79 Å². The highest BCUT2D eigenvalue weighted by atomic mass is 79.9. The molecule has 6 heteroatoms. The van der Waals surface area contributed by atoms with Crippen molar-refractivity contribution in [1.29, 1.82) is 0 Å². The third-order valence-corrected chi connectivity index (χ3v) is 3.36. The Morgan fingerprint density at radius 2 is 2.00 bits per heavy atom. The molecule has 5 nitrogen and oxygen atoms in total. The van der Waals surface area contributed by atoms with Gasteiger partial charge in [-0.2, -0.15) is 0 Å². The van der Waals surface area contributed by atoms with Crippen molar-refractivity contribution in [1.82, 2.24) is 5.32 Å². The SMILES string of the molecule is NCCCCC(NC(=O)c1ccccc1Br)C(=O)O. The van der Waals surface area contributed by atoms with E-state index in [9.17, 15) is 9.59 Å². The van der Waals surface area contributed by atoms with Gasteiger partial charge in [-0.1, -0.05) is 12.1 Å². The Balaban J connectivity index is 2.66. The highest BCUT2D eigenvalue weighted by molar-refractivity contribution is 9.10. The lowest BCUT2D eigenvalue weighted by molar-refractivity contribution is -0.139. The molecule has 19 heavy (non-hydrogen) atoms. The van der Waals surface area contributed by atoms with Gasteiger partial charge in [0.05, 0.1) is 5.56 Å². The standard InChI is InChI=1S/C13H17BrN2O3/c14-10-6-2-1-5-9(10)12(17)16-11(13(18)19)7-3-4-8-15/h1-2,5-6,11H,3-4,7-8,15H2,(H,16,17)(H,18,19). The molecule has 1 aromatic rings. The first-order valence-electron chi connectivity index (χ1n) is 6.04. The van der Waals surface area contributed by atoms with E-state index >= 15 is 0 Å². The second-order valence-corrected chi connectivity index (χ2v) is 4.98. The van der Waals surface area contributed by atoms with Crippen LogP contribution in [0.5, 0.6) is 0 Å². The summed E-state index contributed by atoms with van der Waals surface area (Å²) in [6.45, 7) is 0.518. The summed E-state index contributed by atoms with van der Waals surface area (Å²) in [6, 6.07) is 6.00. The van der Waals surface area contributed by atoms with Crippen LogP contribution < -0.4 is 11.1 Å². The number of nitrogens with two attached hydrogens (primary N) is 1. The van der Waals surface area contributed by atoms with Crippen molar-refractivity contribution in [2.45, 2.75) is 25.3 Å². The number of carboxylic acid groups (broad SMARTS) is 1. The predicted octanol–water partition coefficient (Wildman–Crippen LogP) is 1.76. The third kappa shape index (κ3) is 5.00. The molecule has 0 bridgehead atoms. The molecular weight excluding hydrogens is 312 g/mol. The largest absolute Gasteiger partial charge is 0.480 e. The Hall–Kier alpha value is -1.40. The van der Waals surface area contributed by atoms with Gasteiger partial charge in [-0.3, -0.25) is 4.79 Å². The highest BCUT2D eigenvalue weighted by Crippen LogP contribution is 2.16. The first-order chi connectivity index (χ1) is 9.06. The number of hydrogen-bond donors (Lipinski definition) is 3. The Morgan fingerprint density at radius 1 is 1.32 bits per heavy atom. The topological polar surface area (TPSA) is 92.4 Å². The maximum Gasteiger partial charge on any atom is 0.326 e. The van der Waals surface area contributed by atoms with Crippen molar-refractivity contribution in [3.05, 3.63) is 34.3 Å². The average Bonchev–Trinajstić information content (AvgIpc) is 2.38. The van der Waals surface area contributed by atoms with Crippen LogP contribution in [-0.4, -0.2) is 29.6 Å². The Bertz CT molecular complexity index is 451. The number of nitrogens with one attached hydrogen (secondary N) is 1. The van der Waals surface area contributed by atoms with Crippen LogP contribution >= 0.6 is 15.9 Å². The van der Waals surface area contributed by atoms with E-state index in [1.165, 1.54) is 0 Å². The molecular formula is C13H17BrN2O3. The molecule has 104 valence electrons. The molecule has 0 aromatic heterocycles. The summed E-state index contributed by atoms with van der Waals surface area (Å²) in [7, 11) is 0. The molecule has 4 N–H and O–H groups in total. The lowest BCUT2D eigenvalue weighted by Gasteiger charge is -2.14. The van der Waals surface area contributed by atoms with Crippen molar-refractivity contribution in [3.8, 4) is 0 Å². The molecule has 1 atom stereocenters. The van der Waals surface area contributed by atoms with E-state index in [0.717, 1.165) is 6.42 Å². The summed E-state index contributed by atoms with van der Waals surface area (Å²) < 4.78 is 0.638. The number of carbonyl (C=O) groups excluding carboxylic acids is 1. The zero-order valence-electron chi connectivity index (χ0n) is 10.4. The molecule has 0 radical (unpaired) electrons. The second-order valence-electron chi connectivity index (χ2n) is 4.13. The zero-order valence-corrected chi connectivity index (χ0v) is 12.0. The molecule has 0 aliphatic heterocycles. The minimum Gasteiger partial charge on any atom is -0.480 e. The van der Waals surface area contributed by atoms with E-state index in [0.29, 0.717) is 29.4 Å². The molecule has 0 fully saturated rings. The van der Waals surface area contributed by atoms with Crippen molar-refractivity contribution >= 4 is 27.8 Å². The summed E-state index contributed by atoms with van der Waals surface area (Å²) in [5.41, 5.74) is 5.79. The molecule has 0 aliphatic rings. The quantitative estimate of drug-likeness (QED) is 0.665. The van der Waals surface area contributed by atoms with Crippen molar-refractivity contribution in [2.24, 2.45) is 5.73 Å². The van der Waals surface area contributed by atoms with Crippen LogP contribution in [0.4, 0.5) is 0 Å². The first kappa shape index (κ1) is 15.7. The second kappa shape index (κ2) is 7.91. The summed E-state index contributed by atoms with van der Waals surface area (Å²) in [5.74, 6) is -1.43. The minimum atomic E-state index is -1.03. The van der Waals surface area contributed by atoms with Crippen LogP contribution in [0.3, 0.4) is 0 Å². The lowest BCUT2D eigenvalue weighted by Crippen LogP contribution is -2.40. The lowest BCUT2D eigenvalue weighted by atomic mass is 10.1. The van der Waals surface area contributed by atoms with Gasteiger partial charge in [-0.15, -0.1) is 0 Å². The first-order valence-corrected chi connectivity index (χ1v) is 6.84.